The molecule has 1 saturated heterocycles. The van der Waals surface area contributed by atoms with Gasteiger partial charge in [0.15, 0.2) is 0 Å². The lowest BCUT2D eigenvalue weighted by molar-refractivity contribution is -0.131. The summed E-state index contributed by atoms with van der Waals surface area (Å²) < 4.78 is 7.27. The number of nitrogens with zero attached hydrogens (tertiary/aromatic N) is 3. The summed E-state index contributed by atoms with van der Waals surface area (Å²) in [6, 6.07) is 14.2. The van der Waals surface area contributed by atoms with Gasteiger partial charge in [0, 0.05) is 25.0 Å². The van der Waals surface area contributed by atoms with Gasteiger partial charge in [-0.2, -0.15) is 0 Å². The third kappa shape index (κ3) is 3.43. The van der Waals surface area contributed by atoms with Crippen LogP contribution < -0.4 is 4.74 Å². The number of fused-ring (bicyclic) bond motifs is 1. The average molecular weight is 349 g/mol. The van der Waals surface area contributed by atoms with Gasteiger partial charge >= 0.3 is 0 Å². The molecule has 5 nitrogen and oxygen atoms in total. The molecule has 2 aromatic heterocycles. The number of rotatable bonds is 5. The highest BCUT2D eigenvalue weighted by molar-refractivity contribution is 5.79. The number of carbonyl (C=O) groups is 1. The predicted molar refractivity (Wildman–Crippen MR) is 100 cm³/mol. The quantitative estimate of drug-likeness (QED) is 0.711. The first-order chi connectivity index (χ1) is 12.7. The lowest BCUT2D eigenvalue weighted by Crippen LogP contribution is -2.37. The van der Waals surface area contributed by atoms with E-state index >= 15 is 0 Å². The summed E-state index contributed by atoms with van der Waals surface area (Å²) in [6.07, 6.45) is 7.24. The molecular formula is C21H23N3O2. The zero-order valence-corrected chi connectivity index (χ0v) is 15.0. The van der Waals surface area contributed by atoms with Crippen LogP contribution in [-0.2, 0) is 17.6 Å². The van der Waals surface area contributed by atoms with Gasteiger partial charge in [-0.25, -0.2) is 4.98 Å². The van der Waals surface area contributed by atoms with Crippen LogP contribution in [0.2, 0.25) is 0 Å². The van der Waals surface area contributed by atoms with Crippen LogP contribution in [-0.4, -0.2) is 39.9 Å². The SMILES string of the molecule is COc1cccc(C[C@H]2CCCN2C(=O)Cc2cn3ccccc3n2)c1. The maximum Gasteiger partial charge on any atom is 0.228 e. The fraction of sp³-hybridized carbons (Fsp3) is 0.333. The van der Waals surface area contributed by atoms with Crippen LogP contribution in [0.15, 0.2) is 54.9 Å². The molecule has 0 aliphatic carbocycles. The number of likely N-dealkylation sites (tertiary alicyclic amines) is 1. The number of benzene rings is 1. The van der Waals surface area contributed by atoms with E-state index in [0.717, 1.165) is 42.9 Å². The Morgan fingerprint density at radius 1 is 1.27 bits per heavy atom. The molecule has 0 spiro atoms. The van der Waals surface area contributed by atoms with E-state index in [1.54, 1.807) is 7.11 Å². The van der Waals surface area contributed by atoms with Crippen LogP contribution in [0.1, 0.15) is 24.1 Å². The van der Waals surface area contributed by atoms with E-state index in [0.29, 0.717) is 6.42 Å². The van der Waals surface area contributed by atoms with Gasteiger partial charge in [-0.05, 0) is 49.1 Å². The zero-order valence-electron chi connectivity index (χ0n) is 15.0. The van der Waals surface area contributed by atoms with Crippen molar-refractivity contribution in [3.8, 4) is 5.75 Å². The molecular weight excluding hydrogens is 326 g/mol. The van der Waals surface area contributed by atoms with Crippen LogP contribution in [0.5, 0.6) is 5.75 Å². The van der Waals surface area contributed by atoms with Gasteiger partial charge in [0.2, 0.25) is 5.91 Å². The number of ether oxygens (including phenoxy) is 1. The van der Waals surface area contributed by atoms with Gasteiger partial charge in [-0.3, -0.25) is 4.79 Å². The molecule has 1 atom stereocenters. The Bertz CT molecular complexity index is 885. The molecule has 0 unspecified atom stereocenters. The average Bonchev–Trinajstić information content (AvgIpc) is 3.28. The summed E-state index contributed by atoms with van der Waals surface area (Å²) in [4.78, 5) is 19.5. The summed E-state index contributed by atoms with van der Waals surface area (Å²) in [6.45, 7) is 0.834. The van der Waals surface area contributed by atoms with Gasteiger partial charge in [0.05, 0.1) is 19.2 Å². The largest absolute Gasteiger partial charge is 0.497 e. The molecule has 0 N–H and O–H groups in total. The minimum Gasteiger partial charge on any atom is -0.497 e. The fourth-order valence-electron chi connectivity index (χ4n) is 3.78. The Morgan fingerprint density at radius 3 is 3.04 bits per heavy atom. The summed E-state index contributed by atoms with van der Waals surface area (Å²) in [5.41, 5.74) is 2.92. The van der Waals surface area contributed by atoms with Crippen molar-refractivity contribution in [2.24, 2.45) is 0 Å². The monoisotopic (exact) mass is 349 g/mol. The molecule has 1 fully saturated rings. The highest BCUT2D eigenvalue weighted by atomic mass is 16.5. The number of hydrogen-bond acceptors (Lipinski definition) is 3. The minimum atomic E-state index is 0.166. The Labute approximate surface area is 153 Å². The van der Waals surface area contributed by atoms with E-state index in [2.05, 4.69) is 17.1 Å². The molecule has 4 rings (SSSR count). The topological polar surface area (TPSA) is 46.8 Å². The zero-order chi connectivity index (χ0) is 17.9. The molecule has 0 bridgehead atoms. The van der Waals surface area contributed by atoms with Crippen molar-refractivity contribution < 1.29 is 9.53 Å². The van der Waals surface area contributed by atoms with Crippen LogP contribution >= 0.6 is 0 Å². The Kier molecular flexibility index (Phi) is 4.61. The molecule has 0 radical (unpaired) electrons. The van der Waals surface area contributed by atoms with E-state index in [4.69, 9.17) is 4.74 Å². The van der Waals surface area contributed by atoms with Crippen molar-refractivity contribution in [1.29, 1.82) is 0 Å². The first-order valence-corrected chi connectivity index (χ1v) is 9.08. The predicted octanol–water partition coefficient (Wildman–Crippen LogP) is 3.12. The second kappa shape index (κ2) is 7.20. The fourth-order valence-corrected chi connectivity index (χ4v) is 3.78. The third-order valence-electron chi connectivity index (χ3n) is 5.05. The van der Waals surface area contributed by atoms with E-state index in [-0.39, 0.29) is 11.9 Å². The van der Waals surface area contributed by atoms with E-state index < -0.39 is 0 Å². The van der Waals surface area contributed by atoms with Gasteiger partial charge in [-0.15, -0.1) is 0 Å². The molecule has 1 aromatic carbocycles. The van der Waals surface area contributed by atoms with Crippen LogP contribution in [0.4, 0.5) is 0 Å². The molecule has 5 heteroatoms. The first-order valence-electron chi connectivity index (χ1n) is 9.08. The molecule has 1 aliphatic heterocycles. The number of hydrogen-bond donors (Lipinski definition) is 0. The molecule has 1 aliphatic rings. The highest BCUT2D eigenvalue weighted by Crippen LogP contribution is 2.24. The van der Waals surface area contributed by atoms with E-state index in [1.165, 1.54) is 5.56 Å². The second-order valence-corrected chi connectivity index (χ2v) is 6.81. The Morgan fingerprint density at radius 2 is 2.19 bits per heavy atom. The van der Waals surface area contributed by atoms with Crippen molar-refractivity contribution >= 4 is 11.6 Å². The normalized spacial score (nSPS) is 17.0. The van der Waals surface area contributed by atoms with Gasteiger partial charge in [-0.1, -0.05) is 18.2 Å². The molecule has 1 amide bonds. The van der Waals surface area contributed by atoms with E-state index in [1.807, 2.05) is 52.0 Å². The summed E-state index contributed by atoms with van der Waals surface area (Å²) in [7, 11) is 1.68. The van der Waals surface area contributed by atoms with Crippen LogP contribution in [0.3, 0.4) is 0 Å². The molecule has 26 heavy (non-hydrogen) atoms. The van der Waals surface area contributed by atoms with Crippen LogP contribution in [0.25, 0.3) is 5.65 Å². The minimum absolute atomic E-state index is 0.166. The maximum atomic E-state index is 12.9. The third-order valence-corrected chi connectivity index (χ3v) is 5.05. The number of imidazole rings is 1. The van der Waals surface area contributed by atoms with Crippen LogP contribution in [0, 0.1) is 0 Å². The van der Waals surface area contributed by atoms with Crippen molar-refractivity contribution in [2.75, 3.05) is 13.7 Å². The van der Waals surface area contributed by atoms with Crippen molar-refractivity contribution in [3.05, 3.63) is 66.1 Å². The van der Waals surface area contributed by atoms with Gasteiger partial charge in [0.25, 0.3) is 0 Å². The Balaban J connectivity index is 1.45. The number of amides is 1. The second-order valence-electron chi connectivity index (χ2n) is 6.81. The smallest absolute Gasteiger partial charge is 0.228 e. The number of carbonyl (C=O) groups excluding carboxylic acids is 1. The number of pyridine rings is 1. The van der Waals surface area contributed by atoms with Crippen molar-refractivity contribution in [1.82, 2.24) is 14.3 Å². The molecule has 0 saturated carbocycles. The Hall–Kier alpha value is -2.82. The lowest BCUT2D eigenvalue weighted by atomic mass is 10.0. The summed E-state index contributed by atoms with van der Waals surface area (Å²) >= 11 is 0. The van der Waals surface area contributed by atoms with Crippen molar-refractivity contribution in [3.63, 3.8) is 0 Å². The van der Waals surface area contributed by atoms with Crippen molar-refractivity contribution in [2.45, 2.75) is 31.7 Å². The molecule has 3 aromatic rings. The summed E-state index contributed by atoms with van der Waals surface area (Å²) in [5.74, 6) is 1.03. The van der Waals surface area contributed by atoms with Gasteiger partial charge < -0.3 is 14.0 Å². The highest BCUT2D eigenvalue weighted by Gasteiger charge is 2.29. The van der Waals surface area contributed by atoms with Gasteiger partial charge in [0.1, 0.15) is 11.4 Å². The maximum absolute atomic E-state index is 12.9. The lowest BCUT2D eigenvalue weighted by Gasteiger charge is -2.24. The molecule has 134 valence electrons. The first kappa shape index (κ1) is 16.6. The molecule has 3 heterocycles. The number of methoxy groups -OCH3 is 1. The van der Waals surface area contributed by atoms with E-state index in [9.17, 15) is 4.79 Å². The summed E-state index contributed by atoms with van der Waals surface area (Å²) in [5, 5.41) is 0. The number of aromatic nitrogens is 2. The standard InChI is InChI=1S/C21H23N3O2/c1-26-19-8-4-6-16(13-19)12-18-7-5-11-24(18)21(25)14-17-15-23-10-3-2-9-20(23)22-17/h2-4,6,8-10,13,15,18H,5,7,11-12,14H2,1H3/t18-/m1/s1.